The minimum absolute atomic E-state index is 0.184. The van der Waals surface area contributed by atoms with Gasteiger partial charge < -0.3 is 15.2 Å². The normalized spacial score (nSPS) is 26.2. The largest absolute Gasteiger partial charge is 0.493 e. The zero-order valence-corrected chi connectivity index (χ0v) is 11.5. The van der Waals surface area contributed by atoms with E-state index in [2.05, 4.69) is 5.32 Å². The summed E-state index contributed by atoms with van der Waals surface area (Å²) >= 11 is 0. The first-order valence-electron chi connectivity index (χ1n) is 7.40. The lowest BCUT2D eigenvalue weighted by atomic mass is 9.99. The molecule has 0 bridgehead atoms. The molecule has 4 nitrogen and oxygen atoms in total. The van der Waals surface area contributed by atoms with Crippen LogP contribution in [0, 0.1) is 11.8 Å². The van der Waals surface area contributed by atoms with E-state index in [-0.39, 0.29) is 11.8 Å². The van der Waals surface area contributed by atoms with E-state index in [4.69, 9.17) is 9.84 Å². The minimum atomic E-state index is -0.679. The van der Waals surface area contributed by atoms with Gasteiger partial charge in [-0.3, -0.25) is 4.79 Å². The summed E-state index contributed by atoms with van der Waals surface area (Å²) in [4.78, 5) is 10.9. The predicted molar refractivity (Wildman–Crippen MR) is 76.0 cm³/mol. The van der Waals surface area contributed by atoms with E-state index in [1.165, 1.54) is 12.8 Å². The molecule has 1 saturated carbocycles. The fraction of sp³-hybridized carbons (Fsp3) is 0.562. The van der Waals surface area contributed by atoms with Gasteiger partial charge in [-0.25, -0.2) is 0 Å². The lowest BCUT2D eigenvalue weighted by molar-refractivity contribution is -0.138. The highest BCUT2D eigenvalue weighted by molar-refractivity contribution is 5.75. The third kappa shape index (κ3) is 3.12. The van der Waals surface area contributed by atoms with Crippen LogP contribution in [-0.2, 0) is 4.79 Å². The van der Waals surface area contributed by atoms with E-state index in [1.54, 1.807) is 0 Å². The Balaban J connectivity index is 1.50. The number of aliphatic carboxylic acids is 1. The summed E-state index contributed by atoms with van der Waals surface area (Å²) in [5, 5.41) is 12.3. The summed E-state index contributed by atoms with van der Waals surface area (Å²) in [6.07, 6.45) is 3.13. The van der Waals surface area contributed by atoms with E-state index in [0.29, 0.717) is 5.92 Å². The Morgan fingerprint density at radius 3 is 2.55 bits per heavy atom. The second-order valence-electron chi connectivity index (χ2n) is 5.86. The monoisotopic (exact) mass is 275 g/mol. The van der Waals surface area contributed by atoms with Gasteiger partial charge in [-0.15, -0.1) is 0 Å². The van der Waals surface area contributed by atoms with Gasteiger partial charge in [0.25, 0.3) is 0 Å². The molecule has 0 amide bonds. The Bertz CT molecular complexity index is 465. The first-order chi connectivity index (χ1) is 9.74. The van der Waals surface area contributed by atoms with E-state index in [1.807, 2.05) is 24.3 Å². The van der Waals surface area contributed by atoms with E-state index in [0.717, 1.165) is 37.4 Å². The SMILES string of the molecule is O=C(O)C1CC1c1ccc(OCC2CCNCC2)cc1. The quantitative estimate of drug-likeness (QED) is 0.865. The average Bonchev–Trinajstić information content (AvgIpc) is 3.27. The van der Waals surface area contributed by atoms with Crippen molar-refractivity contribution in [3.8, 4) is 5.75 Å². The van der Waals surface area contributed by atoms with Crippen molar-refractivity contribution in [3.63, 3.8) is 0 Å². The molecule has 1 aromatic rings. The molecule has 2 fully saturated rings. The van der Waals surface area contributed by atoms with Crippen molar-refractivity contribution in [2.45, 2.75) is 25.2 Å². The second-order valence-corrected chi connectivity index (χ2v) is 5.86. The summed E-state index contributed by atoms with van der Waals surface area (Å²) in [7, 11) is 0. The Labute approximate surface area is 119 Å². The molecular formula is C16H21NO3. The highest BCUT2D eigenvalue weighted by Crippen LogP contribution is 2.47. The molecule has 1 aromatic carbocycles. The highest BCUT2D eigenvalue weighted by Gasteiger charge is 2.44. The first-order valence-corrected chi connectivity index (χ1v) is 7.40. The van der Waals surface area contributed by atoms with Crippen LogP contribution >= 0.6 is 0 Å². The molecule has 2 atom stereocenters. The number of ether oxygens (including phenoxy) is 1. The van der Waals surface area contributed by atoms with Crippen molar-refractivity contribution >= 4 is 5.97 Å². The number of benzene rings is 1. The zero-order chi connectivity index (χ0) is 13.9. The van der Waals surface area contributed by atoms with Gasteiger partial charge in [0.05, 0.1) is 12.5 Å². The fourth-order valence-electron chi connectivity index (χ4n) is 2.91. The minimum Gasteiger partial charge on any atom is -0.493 e. The Morgan fingerprint density at radius 1 is 1.25 bits per heavy atom. The highest BCUT2D eigenvalue weighted by atomic mass is 16.5. The van der Waals surface area contributed by atoms with Gasteiger partial charge >= 0.3 is 5.97 Å². The molecule has 0 spiro atoms. The summed E-state index contributed by atoms with van der Waals surface area (Å²) in [6.45, 7) is 2.96. The molecule has 20 heavy (non-hydrogen) atoms. The number of carbonyl (C=O) groups is 1. The zero-order valence-electron chi connectivity index (χ0n) is 11.5. The number of carboxylic acid groups (broad SMARTS) is 1. The average molecular weight is 275 g/mol. The van der Waals surface area contributed by atoms with Gasteiger partial charge in [0.1, 0.15) is 5.75 Å². The van der Waals surface area contributed by atoms with E-state index in [9.17, 15) is 4.79 Å². The maximum absolute atomic E-state index is 10.9. The third-order valence-electron chi connectivity index (χ3n) is 4.36. The van der Waals surface area contributed by atoms with Crippen LogP contribution in [0.5, 0.6) is 5.75 Å². The summed E-state index contributed by atoms with van der Waals surface area (Å²) in [5.41, 5.74) is 1.12. The van der Waals surface area contributed by atoms with Gasteiger partial charge in [-0.1, -0.05) is 12.1 Å². The molecule has 3 rings (SSSR count). The molecule has 0 aromatic heterocycles. The van der Waals surface area contributed by atoms with E-state index < -0.39 is 5.97 Å². The molecule has 1 aliphatic heterocycles. The molecule has 108 valence electrons. The Morgan fingerprint density at radius 2 is 1.95 bits per heavy atom. The number of hydrogen-bond donors (Lipinski definition) is 2. The molecule has 1 aliphatic carbocycles. The van der Waals surface area contributed by atoms with Crippen molar-refractivity contribution in [1.29, 1.82) is 0 Å². The standard InChI is InChI=1S/C16H21NO3/c18-16(19)15-9-14(15)12-1-3-13(4-2-12)20-10-11-5-7-17-8-6-11/h1-4,11,14-15,17H,5-10H2,(H,18,19). The van der Waals surface area contributed by atoms with Gasteiger partial charge in [0.2, 0.25) is 0 Å². The van der Waals surface area contributed by atoms with E-state index >= 15 is 0 Å². The summed E-state index contributed by atoms with van der Waals surface area (Å²) in [6, 6.07) is 7.94. The number of carboxylic acids is 1. The van der Waals surface area contributed by atoms with Crippen molar-refractivity contribution in [1.82, 2.24) is 5.32 Å². The van der Waals surface area contributed by atoms with Crippen LogP contribution in [0.4, 0.5) is 0 Å². The molecule has 2 N–H and O–H groups in total. The molecule has 4 heteroatoms. The fourth-order valence-corrected chi connectivity index (χ4v) is 2.91. The summed E-state index contributed by atoms with van der Waals surface area (Å²) in [5.74, 6) is 0.874. The number of rotatable bonds is 5. The van der Waals surface area contributed by atoms with Crippen LogP contribution < -0.4 is 10.1 Å². The van der Waals surface area contributed by atoms with Crippen molar-refractivity contribution in [2.75, 3.05) is 19.7 Å². The third-order valence-corrected chi connectivity index (χ3v) is 4.36. The van der Waals surface area contributed by atoms with Crippen LogP contribution in [0.25, 0.3) is 0 Å². The summed E-state index contributed by atoms with van der Waals surface area (Å²) < 4.78 is 5.83. The molecule has 1 heterocycles. The lowest BCUT2D eigenvalue weighted by Gasteiger charge is -2.22. The van der Waals surface area contributed by atoms with Gasteiger partial charge in [0, 0.05) is 0 Å². The van der Waals surface area contributed by atoms with Crippen molar-refractivity contribution in [3.05, 3.63) is 29.8 Å². The van der Waals surface area contributed by atoms with Crippen LogP contribution in [0.2, 0.25) is 0 Å². The molecule has 2 aliphatic rings. The number of hydrogen-bond acceptors (Lipinski definition) is 3. The predicted octanol–water partition coefficient (Wildman–Crippen LogP) is 2.25. The number of nitrogens with one attached hydrogen (secondary N) is 1. The molecule has 0 radical (unpaired) electrons. The molecular weight excluding hydrogens is 254 g/mol. The van der Waals surface area contributed by atoms with Gasteiger partial charge in [0.15, 0.2) is 0 Å². The van der Waals surface area contributed by atoms with Crippen LogP contribution in [0.3, 0.4) is 0 Å². The van der Waals surface area contributed by atoms with Crippen molar-refractivity contribution < 1.29 is 14.6 Å². The van der Waals surface area contributed by atoms with Crippen LogP contribution in [-0.4, -0.2) is 30.8 Å². The van der Waals surface area contributed by atoms with Crippen molar-refractivity contribution in [2.24, 2.45) is 11.8 Å². The first kappa shape index (κ1) is 13.4. The maximum Gasteiger partial charge on any atom is 0.307 e. The number of piperidine rings is 1. The Hall–Kier alpha value is -1.55. The lowest BCUT2D eigenvalue weighted by Crippen LogP contribution is -2.30. The smallest absolute Gasteiger partial charge is 0.307 e. The van der Waals surface area contributed by atoms with Gasteiger partial charge in [-0.05, 0) is 61.9 Å². The maximum atomic E-state index is 10.9. The topological polar surface area (TPSA) is 58.6 Å². The second kappa shape index (κ2) is 5.83. The van der Waals surface area contributed by atoms with Gasteiger partial charge in [-0.2, -0.15) is 0 Å². The molecule has 1 saturated heterocycles. The van der Waals surface area contributed by atoms with Crippen LogP contribution in [0.15, 0.2) is 24.3 Å². The Kier molecular flexibility index (Phi) is 3.92. The molecule has 2 unspecified atom stereocenters. The van der Waals surface area contributed by atoms with Crippen LogP contribution in [0.1, 0.15) is 30.7 Å².